The van der Waals surface area contributed by atoms with E-state index < -0.39 is 0 Å². The van der Waals surface area contributed by atoms with Gasteiger partial charge in [0.1, 0.15) is 0 Å². The average Bonchev–Trinajstić information content (AvgIpc) is 2.67. The molecule has 3 rings (SSSR count). The van der Waals surface area contributed by atoms with E-state index in [1.165, 1.54) is 6.42 Å². The molecule has 5 nitrogen and oxygen atoms in total. The Balaban J connectivity index is 1.60. The molecule has 138 valence electrons. The zero-order chi connectivity index (χ0) is 18.5. The van der Waals surface area contributed by atoms with E-state index in [4.69, 9.17) is 0 Å². The van der Waals surface area contributed by atoms with Crippen molar-refractivity contribution < 1.29 is 9.59 Å². The van der Waals surface area contributed by atoms with Crippen LogP contribution in [0.4, 0.5) is 5.69 Å². The minimum absolute atomic E-state index is 0.109. The van der Waals surface area contributed by atoms with Gasteiger partial charge >= 0.3 is 0 Å². The second kappa shape index (κ2) is 8.32. The SMILES string of the molecule is C[C@@H](C(=O)N1CCCCC1)N(C)CC(=O)Nc1cccc2ccccc12. The van der Waals surface area contributed by atoms with Crippen molar-refractivity contribution in [2.75, 3.05) is 32.0 Å². The normalized spacial score (nSPS) is 15.9. The molecule has 2 aromatic rings. The van der Waals surface area contributed by atoms with Gasteiger partial charge in [-0.2, -0.15) is 0 Å². The van der Waals surface area contributed by atoms with E-state index in [1.54, 1.807) is 0 Å². The van der Waals surface area contributed by atoms with Gasteiger partial charge in [0.15, 0.2) is 0 Å². The third kappa shape index (κ3) is 4.22. The Morgan fingerprint density at radius 3 is 2.54 bits per heavy atom. The van der Waals surface area contributed by atoms with E-state index in [2.05, 4.69) is 5.32 Å². The average molecular weight is 353 g/mol. The Morgan fingerprint density at radius 1 is 1.08 bits per heavy atom. The minimum atomic E-state index is -0.300. The molecule has 2 amide bonds. The summed E-state index contributed by atoms with van der Waals surface area (Å²) in [5.74, 6) is 0.00677. The first-order valence-electron chi connectivity index (χ1n) is 9.33. The number of hydrogen-bond donors (Lipinski definition) is 1. The molecule has 1 aliphatic rings. The Morgan fingerprint density at radius 2 is 1.77 bits per heavy atom. The molecule has 0 spiro atoms. The highest BCUT2D eigenvalue weighted by molar-refractivity contribution is 6.02. The molecular weight excluding hydrogens is 326 g/mol. The maximum Gasteiger partial charge on any atom is 0.239 e. The summed E-state index contributed by atoms with van der Waals surface area (Å²) in [7, 11) is 1.83. The van der Waals surface area contributed by atoms with E-state index in [0.717, 1.165) is 42.4 Å². The molecule has 0 saturated carbocycles. The summed E-state index contributed by atoms with van der Waals surface area (Å²) in [6.45, 7) is 3.73. The number of fused-ring (bicyclic) bond motifs is 1. The van der Waals surface area contributed by atoms with Gasteiger partial charge in [-0.3, -0.25) is 14.5 Å². The molecule has 26 heavy (non-hydrogen) atoms. The predicted molar refractivity (Wildman–Crippen MR) is 105 cm³/mol. The molecule has 5 heteroatoms. The monoisotopic (exact) mass is 353 g/mol. The highest BCUT2D eigenvalue weighted by atomic mass is 16.2. The van der Waals surface area contributed by atoms with Gasteiger partial charge in [-0.15, -0.1) is 0 Å². The van der Waals surface area contributed by atoms with E-state index in [1.807, 2.05) is 66.2 Å². The summed E-state index contributed by atoms with van der Waals surface area (Å²) in [4.78, 5) is 28.8. The van der Waals surface area contributed by atoms with Gasteiger partial charge in [-0.05, 0) is 44.7 Å². The quantitative estimate of drug-likeness (QED) is 0.899. The fourth-order valence-electron chi connectivity index (χ4n) is 3.45. The fraction of sp³-hybridized carbons (Fsp3) is 0.429. The number of likely N-dealkylation sites (tertiary alicyclic amines) is 1. The standard InChI is InChI=1S/C21H27N3O2/c1-16(21(26)24-13-6-3-7-14-24)23(2)15-20(25)22-19-12-8-10-17-9-4-5-11-18(17)19/h4-5,8-12,16H,3,6-7,13-15H2,1-2H3,(H,22,25)/t16-/m0/s1. The summed E-state index contributed by atoms with van der Waals surface area (Å²) in [5.41, 5.74) is 0.802. The van der Waals surface area contributed by atoms with Crippen LogP contribution in [0, 0.1) is 0 Å². The number of hydrogen-bond acceptors (Lipinski definition) is 3. The van der Waals surface area contributed by atoms with Gasteiger partial charge in [0.05, 0.1) is 12.6 Å². The Labute approximate surface area is 155 Å². The maximum absolute atomic E-state index is 12.6. The van der Waals surface area contributed by atoms with Crippen molar-refractivity contribution >= 4 is 28.3 Å². The molecule has 0 unspecified atom stereocenters. The van der Waals surface area contributed by atoms with Gasteiger partial charge in [-0.1, -0.05) is 36.4 Å². The number of nitrogens with one attached hydrogen (secondary N) is 1. The van der Waals surface area contributed by atoms with Crippen molar-refractivity contribution in [3.8, 4) is 0 Å². The van der Waals surface area contributed by atoms with E-state index in [0.29, 0.717) is 0 Å². The molecule has 0 radical (unpaired) electrons. The van der Waals surface area contributed by atoms with Crippen molar-refractivity contribution in [3.63, 3.8) is 0 Å². The summed E-state index contributed by atoms with van der Waals surface area (Å²) in [6, 6.07) is 13.5. The van der Waals surface area contributed by atoms with Crippen LogP contribution in [0.2, 0.25) is 0 Å². The second-order valence-electron chi connectivity index (χ2n) is 7.05. The molecule has 1 N–H and O–H groups in total. The molecular formula is C21H27N3O2. The lowest BCUT2D eigenvalue weighted by Crippen LogP contribution is -2.49. The zero-order valence-electron chi connectivity index (χ0n) is 15.6. The number of piperidine rings is 1. The molecule has 2 aromatic carbocycles. The largest absolute Gasteiger partial charge is 0.341 e. The lowest BCUT2D eigenvalue weighted by Gasteiger charge is -2.32. The van der Waals surface area contributed by atoms with Gasteiger partial charge in [-0.25, -0.2) is 0 Å². The van der Waals surface area contributed by atoms with Crippen molar-refractivity contribution in [1.82, 2.24) is 9.80 Å². The smallest absolute Gasteiger partial charge is 0.239 e. The third-order valence-corrected chi connectivity index (χ3v) is 5.14. The van der Waals surface area contributed by atoms with Gasteiger partial charge < -0.3 is 10.2 Å². The summed E-state index contributed by atoms with van der Waals surface area (Å²) in [6.07, 6.45) is 3.34. The summed E-state index contributed by atoms with van der Waals surface area (Å²) >= 11 is 0. The Hall–Kier alpha value is -2.40. The van der Waals surface area contributed by atoms with Crippen LogP contribution in [0.1, 0.15) is 26.2 Å². The Kier molecular flexibility index (Phi) is 5.89. The zero-order valence-corrected chi connectivity index (χ0v) is 15.6. The number of anilines is 1. The first-order valence-corrected chi connectivity index (χ1v) is 9.33. The van der Waals surface area contributed by atoms with Crippen molar-refractivity contribution in [2.24, 2.45) is 0 Å². The number of nitrogens with zero attached hydrogens (tertiary/aromatic N) is 2. The third-order valence-electron chi connectivity index (χ3n) is 5.14. The molecule has 1 heterocycles. The van der Waals surface area contributed by atoms with Crippen LogP contribution >= 0.6 is 0 Å². The molecule has 0 bridgehead atoms. The minimum Gasteiger partial charge on any atom is -0.341 e. The lowest BCUT2D eigenvalue weighted by molar-refractivity contribution is -0.137. The lowest BCUT2D eigenvalue weighted by atomic mass is 10.1. The Bertz CT molecular complexity index is 778. The molecule has 0 aliphatic carbocycles. The van der Waals surface area contributed by atoms with Crippen molar-refractivity contribution in [3.05, 3.63) is 42.5 Å². The topological polar surface area (TPSA) is 52.7 Å². The van der Waals surface area contributed by atoms with Crippen LogP contribution in [0.5, 0.6) is 0 Å². The van der Waals surface area contributed by atoms with Crippen LogP contribution < -0.4 is 5.32 Å². The number of amides is 2. The molecule has 1 atom stereocenters. The number of carbonyl (C=O) groups is 2. The first kappa shape index (κ1) is 18.4. The predicted octanol–water partition coefficient (Wildman–Crippen LogP) is 3.11. The fourth-order valence-corrected chi connectivity index (χ4v) is 3.45. The van der Waals surface area contributed by atoms with E-state index >= 15 is 0 Å². The maximum atomic E-state index is 12.6. The molecule has 0 aromatic heterocycles. The number of benzene rings is 2. The van der Waals surface area contributed by atoms with Gasteiger partial charge in [0.2, 0.25) is 11.8 Å². The van der Waals surface area contributed by atoms with Crippen molar-refractivity contribution in [2.45, 2.75) is 32.2 Å². The van der Waals surface area contributed by atoms with Gasteiger partial charge in [0.25, 0.3) is 0 Å². The number of rotatable bonds is 5. The summed E-state index contributed by atoms with van der Waals surface area (Å²) < 4.78 is 0. The van der Waals surface area contributed by atoms with Crippen LogP contribution in [0.25, 0.3) is 10.8 Å². The van der Waals surface area contributed by atoms with Crippen LogP contribution in [-0.4, -0.2) is 54.3 Å². The van der Waals surface area contributed by atoms with Crippen LogP contribution in [-0.2, 0) is 9.59 Å². The highest BCUT2D eigenvalue weighted by Crippen LogP contribution is 2.23. The molecule has 1 aliphatic heterocycles. The molecule has 1 fully saturated rings. The molecule has 1 saturated heterocycles. The van der Waals surface area contributed by atoms with E-state index in [9.17, 15) is 9.59 Å². The van der Waals surface area contributed by atoms with Gasteiger partial charge in [0, 0.05) is 24.2 Å². The van der Waals surface area contributed by atoms with Crippen molar-refractivity contribution in [1.29, 1.82) is 0 Å². The summed E-state index contributed by atoms with van der Waals surface area (Å²) in [5, 5.41) is 5.09. The van der Waals surface area contributed by atoms with Crippen LogP contribution in [0.3, 0.4) is 0 Å². The first-order chi connectivity index (χ1) is 12.6. The van der Waals surface area contributed by atoms with E-state index in [-0.39, 0.29) is 24.4 Å². The second-order valence-corrected chi connectivity index (χ2v) is 7.05. The van der Waals surface area contributed by atoms with Crippen LogP contribution in [0.15, 0.2) is 42.5 Å². The highest BCUT2D eigenvalue weighted by Gasteiger charge is 2.26. The number of carbonyl (C=O) groups excluding carboxylic acids is 2. The number of likely N-dealkylation sites (N-methyl/N-ethyl adjacent to an activating group) is 1.